The van der Waals surface area contributed by atoms with E-state index in [1.807, 2.05) is 6.92 Å². The molecule has 2 aliphatic rings. The number of benzene rings is 1. The maximum Gasteiger partial charge on any atom is 0.310 e. The third-order valence-corrected chi connectivity index (χ3v) is 6.24. The number of piperidine rings is 1. The van der Waals surface area contributed by atoms with Crippen LogP contribution in [0.1, 0.15) is 37.3 Å². The summed E-state index contributed by atoms with van der Waals surface area (Å²) in [6, 6.07) is 8.90. The van der Waals surface area contributed by atoms with Crippen LogP contribution < -0.4 is 5.32 Å². The number of nitrogens with one attached hydrogen (secondary N) is 1. The Hall–Kier alpha value is -1.39. The van der Waals surface area contributed by atoms with Gasteiger partial charge < -0.3 is 19.9 Å². The van der Waals surface area contributed by atoms with Crippen molar-refractivity contribution < 1.29 is 9.53 Å². The van der Waals surface area contributed by atoms with Crippen molar-refractivity contribution in [2.45, 2.75) is 39.3 Å². The Kier molecular flexibility index (Phi) is 11.7. The monoisotopic (exact) mass is 557 g/mol. The van der Waals surface area contributed by atoms with Crippen LogP contribution in [0.3, 0.4) is 0 Å². The van der Waals surface area contributed by atoms with Gasteiger partial charge in [-0.05, 0) is 57.5 Å². The minimum atomic E-state index is -0.0886. The molecule has 8 heteroatoms. The fourth-order valence-corrected chi connectivity index (χ4v) is 4.41. The summed E-state index contributed by atoms with van der Waals surface area (Å²) in [6.45, 7) is 10.3. The highest BCUT2D eigenvalue weighted by molar-refractivity contribution is 14.0. The standard InChI is InChI=1S/C24H39N5O2.HI/c1-4-31-23(30)22-7-5-14-29(19-22)24(25-2)26-17-20-8-10-21(11-9-20)18-28-13-6-12-27(3)15-16-28;/h8-11,22H,4-7,12-19H2,1-3H3,(H,25,26);1H. The van der Waals surface area contributed by atoms with E-state index in [4.69, 9.17) is 4.74 Å². The molecule has 32 heavy (non-hydrogen) atoms. The highest BCUT2D eigenvalue weighted by Gasteiger charge is 2.28. The minimum absolute atomic E-state index is 0. The molecule has 0 saturated carbocycles. The molecule has 0 spiro atoms. The highest BCUT2D eigenvalue weighted by atomic mass is 127. The van der Waals surface area contributed by atoms with E-state index in [-0.39, 0.29) is 35.9 Å². The summed E-state index contributed by atoms with van der Waals surface area (Å²) in [4.78, 5) is 23.7. The second-order valence-electron chi connectivity index (χ2n) is 8.69. The van der Waals surface area contributed by atoms with Crippen LogP contribution in [0.25, 0.3) is 0 Å². The lowest BCUT2D eigenvalue weighted by Crippen LogP contribution is -2.48. The van der Waals surface area contributed by atoms with Gasteiger partial charge >= 0.3 is 5.97 Å². The fourth-order valence-electron chi connectivity index (χ4n) is 4.41. The molecule has 0 amide bonds. The molecule has 180 valence electrons. The van der Waals surface area contributed by atoms with Gasteiger partial charge in [-0.2, -0.15) is 0 Å². The molecule has 2 heterocycles. The lowest BCUT2D eigenvalue weighted by molar-refractivity contribution is -0.149. The maximum absolute atomic E-state index is 12.1. The van der Waals surface area contributed by atoms with Crippen LogP contribution in [0, 0.1) is 5.92 Å². The number of carbonyl (C=O) groups is 1. The molecule has 0 aliphatic carbocycles. The van der Waals surface area contributed by atoms with Gasteiger partial charge in [0.25, 0.3) is 0 Å². The number of aliphatic imine (C=N–C) groups is 1. The van der Waals surface area contributed by atoms with E-state index >= 15 is 0 Å². The first-order valence-corrected chi connectivity index (χ1v) is 11.7. The molecule has 1 aromatic rings. The Bertz CT molecular complexity index is 728. The number of guanidine groups is 1. The van der Waals surface area contributed by atoms with E-state index < -0.39 is 0 Å². The lowest BCUT2D eigenvalue weighted by atomic mass is 9.98. The van der Waals surface area contributed by atoms with Crippen molar-refractivity contribution in [2.24, 2.45) is 10.9 Å². The Labute approximate surface area is 210 Å². The predicted molar refractivity (Wildman–Crippen MR) is 140 cm³/mol. The number of carbonyl (C=O) groups excluding carboxylic acids is 1. The van der Waals surface area contributed by atoms with Crippen molar-refractivity contribution >= 4 is 35.9 Å². The average molecular weight is 558 g/mol. The number of esters is 1. The molecule has 0 radical (unpaired) electrons. The number of halogens is 1. The highest BCUT2D eigenvalue weighted by Crippen LogP contribution is 2.18. The molecule has 2 aliphatic heterocycles. The van der Waals surface area contributed by atoms with Crippen LogP contribution in [-0.2, 0) is 22.6 Å². The van der Waals surface area contributed by atoms with Crippen LogP contribution in [0.2, 0.25) is 0 Å². The van der Waals surface area contributed by atoms with Crippen molar-refractivity contribution in [3.05, 3.63) is 35.4 Å². The third-order valence-electron chi connectivity index (χ3n) is 6.24. The van der Waals surface area contributed by atoms with Gasteiger partial charge in [0.05, 0.1) is 12.5 Å². The van der Waals surface area contributed by atoms with Gasteiger partial charge in [-0.1, -0.05) is 24.3 Å². The molecular formula is C24H40IN5O2. The molecule has 0 aromatic heterocycles. The van der Waals surface area contributed by atoms with Crippen LogP contribution >= 0.6 is 24.0 Å². The van der Waals surface area contributed by atoms with E-state index in [0.29, 0.717) is 13.2 Å². The summed E-state index contributed by atoms with van der Waals surface area (Å²) in [6.07, 6.45) is 3.11. The maximum atomic E-state index is 12.1. The van der Waals surface area contributed by atoms with Gasteiger partial charge in [0.2, 0.25) is 0 Å². The number of rotatable bonds is 6. The molecule has 0 bridgehead atoms. The number of nitrogens with zero attached hydrogens (tertiary/aromatic N) is 4. The zero-order chi connectivity index (χ0) is 22.1. The summed E-state index contributed by atoms with van der Waals surface area (Å²) in [7, 11) is 4.01. The molecule has 7 nitrogen and oxygen atoms in total. The van der Waals surface area contributed by atoms with Crippen molar-refractivity contribution in [1.82, 2.24) is 20.0 Å². The molecule has 1 atom stereocenters. The topological polar surface area (TPSA) is 60.4 Å². The Morgan fingerprint density at radius 2 is 1.84 bits per heavy atom. The van der Waals surface area contributed by atoms with Crippen molar-refractivity contribution in [3.63, 3.8) is 0 Å². The normalized spacial score (nSPS) is 20.9. The second-order valence-corrected chi connectivity index (χ2v) is 8.69. The van der Waals surface area contributed by atoms with Gasteiger partial charge in [-0.15, -0.1) is 24.0 Å². The molecule has 1 N–H and O–H groups in total. The summed E-state index contributed by atoms with van der Waals surface area (Å²) in [5, 5.41) is 3.47. The lowest BCUT2D eigenvalue weighted by Gasteiger charge is -2.34. The van der Waals surface area contributed by atoms with Crippen LogP contribution in [-0.4, -0.2) is 86.6 Å². The zero-order valence-electron chi connectivity index (χ0n) is 19.9. The first-order valence-electron chi connectivity index (χ1n) is 11.7. The van der Waals surface area contributed by atoms with Gasteiger partial charge in [0.15, 0.2) is 5.96 Å². The number of hydrogen-bond acceptors (Lipinski definition) is 5. The van der Waals surface area contributed by atoms with Crippen LogP contribution in [0.4, 0.5) is 0 Å². The largest absolute Gasteiger partial charge is 0.466 e. The van der Waals surface area contributed by atoms with Gasteiger partial charge in [-0.3, -0.25) is 14.7 Å². The van der Waals surface area contributed by atoms with E-state index in [2.05, 4.69) is 56.3 Å². The van der Waals surface area contributed by atoms with Crippen molar-refractivity contribution in [1.29, 1.82) is 0 Å². The molecule has 2 fully saturated rings. The summed E-state index contributed by atoms with van der Waals surface area (Å²) < 4.78 is 5.22. The zero-order valence-corrected chi connectivity index (χ0v) is 22.2. The number of likely N-dealkylation sites (tertiary alicyclic amines) is 1. The van der Waals surface area contributed by atoms with Gasteiger partial charge in [0.1, 0.15) is 0 Å². The van der Waals surface area contributed by atoms with E-state index in [0.717, 1.165) is 51.5 Å². The fraction of sp³-hybridized carbons (Fsp3) is 0.667. The summed E-state index contributed by atoms with van der Waals surface area (Å²) in [5.41, 5.74) is 2.60. The Morgan fingerprint density at radius 3 is 2.56 bits per heavy atom. The predicted octanol–water partition coefficient (Wildman–Crippen LogP) is 2.79. The van der Waals surface area contributed by atoms with Crippen molar-refractivity contribution in [2.75, 3.05) is 60.0 Å². The molecule has 2 saturated heterocycles. The molecule has 3 rings (SSSR count). The average Bonchev–Trinajstić information content (AvgIpc) is 2.99. The van der Waals surface area contributed by atoms with Crippen LogP contribution in [0.15, 0.2) is 29.3 Å². The first-order chi connectivity index (χ1) is 15.1. The molecular weight excluding hydrogens is 517 g/mol. The van der Waals surface area contributed by atoms with E-state index in [1.54, 1.807) is 7.05 Å². The quantitative estimate of drug-likeness (QED) is 0.251. The second kappa shape index (κ2) is 14.0. The Balaban J connectivity index is 0.00000363. The van der Waals surface area contributed by atoms with E-state index in [9.17, 15) is 4.79 Å². The minimum Gasteiger partial charge on any atom is -0.466 e. The van der Waals surface area contributed by atoms with Crippen LogP contribution in [0.5, 0.6) is 0 Å². The number of likely N-dealkylation sites (N-methyl/N-ethyl adjacent to an activating group) is 1. The SMILES string of the molecule is CCOC(=O)C1CCCN(C(=NC)NCc2ccc(CN3CCCN(C)CC3)cc2)C1.I. The molecule has 1 aromatic carbocycles. The van der Waals surface area contributed by atoms with Gasteiger partial charge in [-0.25, -0.2) is 0 Å². The third kappa shape index (κ3) is 8.19. The smallest absolute Gasteiger partial charge is 0.310 e. The van der Waals surface area contributed by atoms with Gasteiger partial charge in [0, 0.05) is 46.3 Å². The summed E-state index contributed by atoms with van der Waals surface area (Å²) >= 11 is 0. The number of hydrogen-bond donors (Lipinski definition) is 1. The van der Waals surface area contributed by atoms with Crippen molar-refractivity contribution in [3.8, 4) is 0 Å². The summed E-state index contributed by atoms with van der Waals surface area (Å²) in [5.74, 6) is 0.700. The first kappa shape index (κ1) is 26.9. The number of ether oxygens (including phenoxy) is 1. The molecule has 1 unspecified atom stereocenters. The van der Waals surface area contributed by atoms with E-state index in [1.165, 1.54) is 30.6 Å². The Morgan fingerprint density at radius 1 is 1.09 bits per heavy atom.